The summed E-state index contributed by atoms with van der Waals surface area (Å²) >= 11 is 0. The zero-order chi connectivity index (χ0) is 46.3. The first kappa shape index (κ1) is 42.0. The summed E-state index contributed by atoms with van der Waals surface area (Å²) in [5.41, 5.74) is 24.2. The second-order valence-corrected chi connectivity index (χ2v) is 18.4. The van der Waals surface area contributed by atoms with Crippen LogP contribution in [0, 0.1) is 6.92 Å². The lowest BCUT2D eigenvalue weighted by Gasteiger charge is -2.46. The van der Waals surface area contributed by atoms with Gasteiger partial charge in [0.25, 0.3) is 0 Å². The van der Waals surface area contributed by atoms with E-state index in [2.05, 4.69) is 271 Å². The Morgan fingerprint density at radius 1 is 0.406 bits per heavy atom. The number of nitrogens with zero attached hydrogens (tertiary/aromatic N) is 3. The van der Waals surface area contributed by atoms with Gasteiger partial charge >= 0.3 is 6.85 Å². The average molecular weight is 886 g/mol. The highest BCUT2D eigenvalue weighted by molar-refractivity contribution is 6.93. The zero-order valence-corrected chi connectivity index (χ0v) is 39.1. The fourth-order valence-electron chi connectivity index (χ4n) is 10.7. The summed E-state index contributed by atoms with van der Waals surface area (Å²) in [6.45, 7) is 4.41. The molecule has 0 aromatic heterocycles. The minimum atomic E-state index is -0.157. The van der Waals surface area contributed by atoms with Crippen molar-refractivity contribution < 1.29 is 0 Å². The van der Waals surface area contributed by atoms with Crippen LogP contribution < -0.4 is 25.5 Å². The Labute approximate surface area is 407 Å². The summed E-state index contributed by atoms with van der Waals surface area (Å²) in [7, 11) is 0. The molecule has 0 radical (unpaired) electrons. The minimum Gasteiger partial charge on any atom is -0.376 e. The number of anilines is 8. The largest absolute Gasteiger partial charge is 0.376 e. The van der Waals surface area contributed by atoms with Gasteiger partial charge in [-0.25, -0.2) is 0 Å². The first-order valence-electron chi connectivity index (χ1n) is 24.4. The van der Waals surface area contributed by atoms with Crippen LogP contribution in [0.4, 0.5) is 45.5 Å². The highest BCUT2D eigenvalue weighted by atomic mass is 15.2. The van der Waals surface area contributed by atoms with Crippen molar-refractivity contribution >= 4 is 63.3 Å². The van der Waals surface area contributed by atoms with Crippen LogP contribution in [0.25, 0.3) is 44.5 Å². The van der Waals surface area contributed by atoms with E-state index in [0.29, 0.717) is 0 Å². The van der Waals surface area contributed by atoms with E-state index >= 15 is 0 Å². The monoisotopic (exact) mass is 885 g/mol. The molecule has 0 fully saturated rings. The van der Waals surface area contributed by atoms with Crippen LogP contribution in [-0.4, -0.2) is 6.85 Å². The lowest BCUT2D eigenvalue weighted by Crippen LogP contribution is -2.61. The molecule has 330 valence electrons. The molecule has 10 aromatic rings. The van der Waals surface area contributed by atoms with E-state index in [9.17, 15) is 0 Å². The number of hydrogen-bond acceptors (Lipinski definition) is 3. The Hall–Kier alpha value is -8.34. The van der Waals surface area contributed by atoms with E-state index < -0.39 is 0 Å². The van der Waals surface area contributed by atoms with Crippen LogP contribution in [0.3, 0.4) is 0 Å². The number of hydrogen-bond donors (Lipinski definition) is 0. The molecule has 10 aromatic carbocycles. The molecule has 69 heavy (non-hydrogen) atoms. The van der Waals surface area contributed by atoms with Crippen LogP contribution in [0.2, 0.25) is 0 Å². The Balaban J connectivity index is 1.16. The second-order valence-electron chi connectivity index (χ2n) is 18.4. The van der Waals surface area contributed by atoms with Crippen molar-refractivity contribution in [3.8, 4) is 44.5 Å². The third-order valence-corrected chi connectivity index (χ3v) is 14.1. The summed E-state index contributed by atoms with van der Waals surface area (Å²) in [6, 6.07) is 89.6. The third-order valence-electron chi connectivity index (χ3n) is 14.1. The third kappa shape index (κ3) is 7.69. The molecule has 0 saturated carbocycles. The molecule has 12 rings (SSSR count). The molecule has 0 N–H and O–H groups in total. The smallest absolute Gasteiger partial charge is 0.333 e. The molecular formula is C65H52BN3. The van der Waals surface area contributed by atoms with Gasteiger partial charge in [0.05, 0.1) is 0 Å². The predicted molar refractivity (Wildman–Crippen MR) is 295 cm³/mol. The van der Waals surface area contributed by atoms with E-state index in [-0.39, 0.29) is 6.85 Å². The van der Waals surface area contributed by atoms with Gasteiger partial charge < -0.3 is 14.6 Å². The van der Waals surface area contributed by atoms with E-state index in [1.54, 1.807) is 0 Å². The maximum Gasteiger partial charge on any atom is 0.333 e. The standard InChI is InChI=1S/C65H52BN3/c1-3-4-20-47-41-59-58-39-38-57(67(54-27-16-8-17-28-54)55-29-18-9-19-30-55)45-63(58)69(56-36-33-51(34-37-56)48-21-10-5-11-22-48)66-60-43-52(49-23-12-6-13-24-49)35-40-61(60)68(64(42-47)65(59)66)62-44-53(32-31-46(62)2)50-25-14-7-15-26-50/h5-19,21-45H,3-4,20H2,1-2H3. The molecule has 3 nitrogen and oxygen atoms in total. The molecule has 0 spiro atoms. The fraction of sp³-hybridized carbons (Fsp3) is 0.0769. The normalized spacial score (nSPS) is 12.3. The summed E-state index contributed by atoms with van der Waals surface area (Å²) in [5.74, 6) is 0. The Bertz CT molecular complexity index is 3390. The van der Waals surface area contributed by atoms with Gasteiger partial charge in [0, 0.05) is 51.1 Å². The SMILES string of the molecule is CCCCc1cc2c3c(c1)N(c1cc(-c4ccccc4)ccc1C)c1ccc(-c4ccccc4)cc1B3N(c1ccc(-c3ccccc3)cc1)c1cc(N(c3ccccc3)c3ccccc3)ccc1-2. The molecule has 2 aliphatic rings. The number of para-hydroxylation sites is 2. The van der Waals surface area contributed by atoms with Crippen LogP contribution in [0.5, 0.6) is 0 Å². The van der Waals surface area contributed by atoms with Crippen molar-refractivity contribution in [1.82, 2.24) is 0 Å². The Morgan fingerprint density at radius 3 is 1.55 bits per heavy atom. The molecule has 0 saturated heterocycles. The minimum absolute atomic E-state index is 0.157. The van der Waals surface area contributed by atoms with Crippen molar-refractivity contribution in [3.05, 3.63) is 254 Å². The highest BCUT2D eigenvalue weighted by Crippen LogP contribution is 2.50. The van der Waals surface area contributed by atoms with Crippen LogP contribution in [0.1, 0.15) is 30.9 Å². The van der Waals surface area contributed by atoms with Gasteiger partial charge in [-0.3, -0.25) is 0 Å². The molecule has 2 aliphatic heterocycles. The summed E-state index contributed by atoms with van der Waals surface area (Å²) < 4.78 is 0. The summed E-state index contributed by atoms with van der Waals surface area (Å²) in [4.78, 5) is 7.64. The first-order chi connectivity index (χ1) is 34.1. The van der Waals surface area contributed by atoms with E-state index in [4.69, 9.17) is 0 Å². The van der Waals surface area contributed by atoms with E-state index in [1.165, 1.54) is 89.3 Å². The van der Waals surface area contributed by atoms with Crippen LogP contribution >= 0.6 is 0 Å². The van der Waals surface area contributed by atoms with Crippen molar-refractivity contribution in [2.75, 3.05) is 14.6 Å². The lowest BCUT2D eigenvalue weighted by atomic mass is 9.43. The maximum atomic E-state index is 2.65. The number of unbranched alkanes of at least 4 members (excludes halogenated alkanes) is 1. The average Bonchev–Trinajstić information content (AvgIpc) is 3.42. The highest BCUT2D eigenvalue weighted by Gasteiger charge is 2.46. The molecule has 0 atom stereocenters. The van der Waals surface area contributed by atoms with Crippen molar-refractivity contribution in [3.63, 3.8) is 0 Å². The second kappa shape index (κ2) is 18.0. The number of aryl methyl sites for hydroxylation is 2. The number of benzene rings is 10. The van der Waals surface area contributed by atoms with Crippen molar-refractivity contribution in [1.29, 1.82) is 0 Å². The summed E-state index contributed by atoms with van der Waals surface area (Å²) in [6.07, 6.45) is 3.26. The van der Waals surface area contributed by atoms with Crippen molar-refractivity contribution in [2.24, 2.45) is 0 Å². The fourth-order valence-corrected chi connectivity index (χ4v) is 10.7. The molecule has 4 heteroatoms. The molecule has 0 unspecified atom stereocenters. The molecule has 0 amide bonds. The molecule has 0 bridgehead atoms. The van der Waals surface area contributed by atoms with Crippen LogP contribution in [-0.2, 0) is 6.42 Å². The van der Waals surface area contributed by atoms with Gasteiger partial charge in [-0.2, -0.15) is 0 Å². The van der Waals surface area contributed by atoms with Gasteiger partial charge in [0.2, 0.25) is 0 Å². The molecule has 2 heterocycles. The molecular weight excluding hydrogens is 834 g/mol. The van der Waals surface area contributed by atoms with Crippen LogP contribution in [0.15, 0.2) is 243 Å². The van der Waals surface area contributed by atoms with E-state index in [1.807, 2.05) is 0 Å². The van der Waals surface area contributed by atoms with Gasteiger partial charge in [-0.15, -0.1) is 0 Å². The zero-order valence-electron chi connectivity index (χ0n) is 39.1. The van der Waals surface area contributed by atoms with Crippen molar-refractivity contribution in [2.45, 2.75) is 33.1 Å². The Morgan fingerprint density at radius 2 is 0.942 bits per heavy atom. The molecule has 0 aliphatic carbocycles. The Kier molecular flexibility index (Phi) is 11.0. The van der Waals surface area contributed by atoms with Gasteiger partial charge in [0.15, 0.2) is 0 Å². The first-order valence-corrected chi connectivity index (χ1v) is 24.4. The van der Waals surface area contributed by atoms with Gasteiger partial charge in [-0.1, -0.05) is 189 Å². The topological polar surface area (TPSA) is 9.72 Å². The quantitative estimate of drug-likeness (QED) is 0.120. The predicted octanol–water partition coefficient (Wildman–Crippen LogP) is 16.5. The van der Waals surface area contributed by atoms with Gasteiger partial charge in [0.1, 0.15) is 0 Å². The number of fused-ring (bicyclic) bond motifs is 4. The summed E-state index contributed by atoms with van der Waals surface area (Å²) in [5, 5.41) is 0. The van der Waals surface area contributed by atoms with E-state index in [0.717, 1.165) is 42.0 Å². The van der Waals surface area contributed by atoms with Gasteiger partial charge in [-0.05, 0) is 147 Å². The number of rotatable bonds is 11. The lowest BCUT2D eigenvalue weighted by molar-refractivity contribution is 0.795. The maximum absolute atomic E-state index is 2.65.